The van der Waals surface area contributed by atoms with E-state index >= 15 is 0 Å². The minimum Gasteiger partial charge on any atom is -0.348 e. The molecule has 140 valence electrons. The predicted molar refractivity (Wildman–Crippen MR) is 117 cm³/mol. The Bertz CT molecular complexity index is 898. The maximum absolute atomic E-state index is 4.30. The van der Waals surface area contributed by atoms with Gasteiger partial charge in [-0.3, -0.25) is 0 Å². The molecule has 0 saturated carbocycles. The van der Waals surface area contributed by atoms with Gasteiger partial charge in [-0.2, -0.15) is 0 Å². The maximum atomic E-state index is 4.30. The highest BCUT2D eigenvalue weighted by Gasteiger charge is 2.38. The van der Waals surface area contributed by atoms with E-state index in [1.807, 2.05) is 0 Å². The molecule has 0 bridgehead atoms. The van der Waals surface area contributed by atoms with E-state index < -0.39 is 0 Å². The van der Waals surface area contributed by atoms with E-state index in [0.29, 0.717) is 0 Å². The first-order valence-corrected chi connectivity index (χ1v) is 9.68. The summed E-state index contributed by atoms with van der Waals surface area (Å²) in [6.07, 6.45) is 0.944. The quantitative estimate of drug-likeness (QED) is 0.673. The summed E-state index contributed by atoms with van der Waals surface area (Å²) in [4.78, 5) is 4.44. The molecule has 0 fully saturated rings. The fourth-order valence-electron chi connectivity index (χ4n) is 4.65. The van der Waals surface area contributed by atoms with Crippen LogP contribution in [0.3, 0.4) is 0 Å². The Kier molecular flexibility index (Phi) is 3.66. The zero-order valence-corrected chi connectivity index (χ0v) is 17.5. The lowest BCUT2D eigenvalue weighted by Crippen LogP contribution is -2.21. The van der Waals surface area contributed by atoms with Gasteiger partial charge >= 0.3 is 0 Å². The number of nitrogens with zero attached hydrogens (tertiary/aromatic N) is 2. The zero-order chi connectivity index (χ0) is 19.7. The lowest BCUT2D eigenvalue weighted by atomic mass is 9.82. The second-order valence-corrected chi connectivity index (χ2v) is 9.14. The molecule has 0 spiro atoms. The Hall–Kier alpha value is -2.48. The third kappa shape index (κ3) is 2.39. The first-order valence-electron chi connectivity index (χ1n) is 9.68. The second kappa shape index (κ2) is 5.51. The molecule has 0 amide bonds. The standard InChI is InChI=1S/C25H30N2/c1-16-24(3,4)20-14-18(9-11-22(20)26(16)7)13-19-10-12-23-21(15-19)25(5,6)17(2)27(23)8/h9-12,14-15H,1-2,13H2,3-8H3. The van der Waals surface area contributed by atoms with Crippen molar-refractivity contribution in [3.05, 3.63) is 83.2 Å². The van der Waals surface area contributed by atoms with Crippen LogP contribution in [0.2, 0.25) is 0 Å². The molecule has 2 aliphatic heterocycles. The fourth-order valence-corrected chi connectivity index (χ4v) is 4.65. The van der Waals surface area contributed by atoms with Gasteiger partial charge in [0.2, 0.25) is 0 Å². The number of hydrogen-bond acceptors (Lipinski definition) is 2. The van der Waals surface area contributed by atoms with Crippen LogP contribution in [0.1, 0.15) is 49.9 Å². The van der Waals surface area contributed by atoms with Crippen LogP contribution in [-0.2, 0) is 17.3 Å². The molecule has 0 unspecified atom stereocenters. The Morgan fingerprint density at radius 3 is 1.44 bits per heavy atom. The van der Waals surface area contributed by atoms with Crippen molar-refractivity contribution in [1.29, 1.82) is 0 Å². The maximum Gasteiger partial charge on any atom is 0.0447 e. The highest BCUT2D eigenvalue weighted by atomic mass is 15.2. The van der Waals surface area contributed by atoms with Crippen LogP contribution in [0.5, 0.6) is 0 Å². The molecule has 2 heterocycles. The molecule has 0 saturated heterocycles. The Morgan fingerprint density at radius 1 is 0.704 bits per heavy atom. The molecule has 2 heteroatoms. The number of likely N-dealkylation sites (N-methyl/N-ethyl adjacent to an activating group) is 2. The van der Waals surface area contributed by atoms with Crippen molar-refractivity contribution in [2.45, 2.75) is 44.9 Å². The van der Waals surface area contributed by atoms with Gasteiger partial charge in [-0.05, 0) is 40.8 Å². The van der Waals surface area contributed by atoms with Gasteiger partial charge in [0.05, 0.1) is 0 Å². The first-order chi connectivity index (χ1) is 12.5. The summed E-state index contributed by atoms with van der Waals surface area (Å²) in [5.41, 5.74) is 10.3. The molecule has 0 aliphatic carbocycles. The average molecular weight is 359 g/mol. The van der Waals surface area contributed by atoms with Crippen molar-refractivity contribution in [2.75, 3.05) is 23.9 Å². The molecular weight excluding hydrogens is 328 g/mol. The minimum absolute atomic E-state index is 0.0134. The second-order valence-electron chi connectivity index (χ2n) is 9.14. The fraction of sp³-hybridized carbons (Fsp3) is 0.360. The summed E-state index contributed by atoms with van der Waals surface area (Å²) in [5, 5.41) is 0. The first kappa shape index (κ1) is 17.9. The Balaban J connectivity index is 1.70. The smallest absolute Gasteiger partial charge is 0.0447 e. The van der Waals surface area contributed by atoms with Crippen LogP contribution < -0.4 is 9.80 Å². The summed E-state index contributed by atoms with van der Waals surface area (Å²) in [7, 11) is 4.23. The number of fused-ring (bicyclic) bond motifs is 2. The zero-order valence-electron chi connectivity index (χ0n) is 17.5. The summed E-state index contributed by atoms with van der Waals surface area (Å²) in [6, 6.07) is 13.7. The number of rotatable bonds is 2. The molecule has 2 aromatic rings. The van der Waals surface area contributed by atoms with Crippen LogP contribution in [0.4, 0.5) is 11.4 Å². The van der Waals surface area contributed by atoms with Crippen molar-refractivity contribution >= 4 is 11.4 Å². The van der Waals surface area contributed by atoms with E-state index in [1.165, 1.54) is 33.6 Å². The van der Waals surface area contributed by atoms with Gasteiger partial charge in [0.15, 0.2) is 0 Å². The third-order valence-electron chi connectivity index (χ3n) is 6.85. The molecule has 2 nitrogen and oxygen atoms in total. The van der Waals surface area contributed by atoms with Crippen molar-refractivity contribution in [1.82, 2.24) is 0 Å². The van der Waals surface area contributed by atoms with Crippen molar-refractivity contribution in [3.63, 3.8) is 0 Å². The Morgan fingerprint density at radius 2 is 1.07 bits per heavy atom. The van der Waals surface area contributed by atoms with Crippen LogP contribution in [0.25, 0.3) is 0 Å². The van der Waals surface area contributed by atoms with Crippen LogP contribution in [0.15, 0.2) is 61.0 Å². The van der Waals surface area contributed by atoms with Gasteiger partial charge in [0.1, 0.15) is 0 Å². The van der Waals surface area contributed by atoms with Crippen molar-refractivity contribution < 1.29 is 0 Å². The third-order valence-corrected chi connectivity index (χ3v) is 6.85. The topological polar surface area (TPSA) is 6.48 Å². The van der Waals surface area contributed by atoms with Gasteiger partial charge in [-0.1, -0.05) is 65.1 Å². The molecule has 0 N–H and O–H groups in total. The molecule has 4 rings (SSSR count). The monoisotopic (exact) mass is 358 g/mol. The highest BCUT2D eigenvalue weighted by molar-refractivity contribution is 5.71. The minimum atomic E-state index is -0.0134. The molecule has 2 aromatic carbocycles. The number of benzene rings is 2. The summed E-state index contributed by atoms with van der Waals surface area (Å²) in [6.45, 7) is 17.7. The van der Waals surface area contributed by atoms with Gasteiger partial charge in [0.25, 0.3) is 0 Å². The SMILES string of the molecule is C=C1N(C)c2ccc(Cc3ccc4c(c3)C(C)(C)C(=C)N4C)cc2C1(C)C. The molecule has 0 aromatic heterocycles. The molecule has 2 aliphatic rings. The Labute approximate surface area is 163 Å². The van der Waals surface area contributed by atoms with Gasteiger partial charge in [0, 0.05) is 47.7 Å². The van der Waals surface area contributed by atoms with Crippen LogP contribution >= 0.6 is 0 Å². The van der Waals surface area contributed by atoms with E-state index in [2.05, 4.69) is 101 Å². The largest absolute Gasteiger partial charge is 0.348 e. The van der Waals surface area contributed by atoms with E-state index in [1.54, 1.807) is 0 Å². The van der Waals surface area contributed by atoms with E-state index in [-0.39, 0.29) is 10.8 Å². The summed E-state index contributed by atoms with van der Waals surface area (Å²) >= 11 is 0. The predicted octanol–water partition coefficient (Wildman–Crippen LogP) is 5.76. The van der Waals surface area contributed by atoms with Crippen LogP contribution in [0, 0.1) is 0 Å². The number of allylic oxidation sites excluding steroid dienone is 2. The highest BCUT2D eigenvalue weighted by Crippen LogP contribution is 2.48. The lowest BCUT2D eigenvalue weighted by Gasteiger charge is -2.22. The lowest BCUT2D eigenvalue weighted by molar-refractivity contribution is 0.641. The molecule has 0 radical (unpaired) electrons. The molecule has 0 atom stereocenters. The average Bonchev–Trinajstić information content (AvgIpc) is 2.91. The van der Waals surface area contributed by atoms with E-state index in [0.717, 1.165) is 17.8 Å². The van der Waals surface area contributed by atoms with E-state index in [4.69, 9.17) is 0 Å². The molecule has 27 heavy (non-hydrogen) atoms. The summed E-state index contributed by atoms with van der Waals surface area (Å²) < 4.78 is 0. The van der Waals surface area contributed by atoms with Gasteiger partial charge in [-0.15, -0.1) is 0 Å². The van der Waals surface area contributed by atoms with Crippen molar-refractivity contribution in [3.8, 4) is 0 Å². The van der Waals surface area contributed by atoms with Gasteiger partial charge < -0.3 is 9.80 Å². The number of anilines is 2. The van der Waals surface area contributed by atoms with E-state index in [9.17, 15) is 0 Å². The normalized spacial score (nSPS) is 19.5. The summed E-state index contributed by atoms with van der Waals surface area (Å²) in [5.74, 6) is 0. The van der Waals surface area contributed by atoms with Crippen LogP contribution in [-0.4, -0.2) is 14.1 Å². The van der Waals surface area contributed by atoms with Gasteiger partial charge in [-0.25, -0.2) is 0 Å². The number of hydrogen-bond donors (Lipinski definition) is 0. The molecular formula is C25H30N2. The van der Waals surface area contributed by atoms with Crippen molar-refractivity contribution in [2.24, 2.45) is 0 Å².